The molecular formula is C17H13ClFNO4. The smallest absolute Gasteiger partial charge is 0.270 e. The molecule has 0 unspecified atom stereocenters. The molecule has 0 radical (unpaired) electrons. The Bertz CT molecular complexity index is 793. The molecule has 0 bridgehead atoms. The van der Waals surface area contributed by atoms with E-state index < -0.39 is 23.3 Å². The van der Waals surface area contributed by atoms with Gasteiger partial charge in [-0.3, -0.25) is 4.79 Å². The molecule has 2 aromatic rings. The van der Waals surface area contributed by atoms with Crippen LogP contribution < -0.4 is 9.47 Å². The lowest BCUT2D eigenvalue weighted by Crippen LogP contribution is -2.42. The maximum atomic E-state index is 13.6. The molecule has 5 nitrogen and oxygen atoms in total. The summed E-state index contributed by atoms with van der Waals surface area (Å²) in [7, 11) is 0. The molecular weight excluding hydrogens is 337 g/mol. The van der Waals surface area contributed by atoms with Crippen molar-refractivity contribution in [2.24, 2.45) is 0 Å². The first kappa shape index (κ1) is 15.1. The molecule has 7 heteroatoms. The minimum atomic E-state index is -0.930. The van der Waals surface area contributed by atoms with Gasteiger partial charge in [0.25, 0.3) is 11.7 Å². The van der Waals surface area contributed by atoms with Gasteiger partial charge in [-0.1, -0.05) is 23.7 Å². The highest BCUT2D eigenvalue weighted by atomic mass is 35.5. The zero-order chi connectivity index (χ0) is 16.9. The third kappa shape index (κ3) is 2.34. The van der Waals surface area contributed by atoms with Crippen molar-refractivity contribution in [1.82, 2.24) is 4.90 Å². The number of hydrogen-bond acceptors (Lipinski definition) is 4. The molecule has 2 aliphatic rings. The van der Waals surface area contributed by atoms with E-state index in [0.29, 0.717) is 24.5 Å². The van der Waals surface area contributed by atoms with Crippen LogP contribution in [0, 0.1) is 5.82 Å². The van der Waals surface area contributed by atoms with Crippen LogP contribution in [-0.4, -0.2) is 34.8 Å². The van der Waals surface area contributed by atoms with Crippen molar-refractivity contribution in [3.8, 4) is 17.2 Å². The maximum Gasteiger partial charge on any atom is 0.270 e. The number of carbonyl (C=O) groups excluding carboxylic acids is 1. The molecule has 0 aliphatic carbocycles. The predicted octanol–water partition coefficient (Wildman–Crippen LogP) is 3.20. The van der Waals surface area contributed by atoms with Crippen molar-refractivity contribution >= 4 is 17.5 Å². The third-order valence-electron chi connectivity index (χ3n) is 4.19. The number of likely N-dealkylation sites (tertiary alicyclic amines) is 1. The van der Waals surface area contributed by atoms with E-state index >= 15 is 0 Å². The van der Waals surface area contributed by atoms with E-state index in [0.717, 1.165) is 6.07 Å². The summed E-state index contributed by atoms with van der Waals surface area (Å²) < 4.78 is 25.4. The van der Waals surface area contributed by atoms with Crippen molar-refractivity contribution in [1.29, 1.82) is 0 Å². The van der Waals surface area contributed by atoms with Gasteiger partial charge in [0.2, 0.25) is 0 Å². The molecule has 0 aromatic heterocycles. The fraction of sp³-hybridized carbons (Fsp3) is 0.235. The van der Waals surface area contributed by atoms with Crippen molar-refractivity contribution in [2.45, 2.75) is 12.2 Å². The van der Waals surface area contributed by atoms with Crippen molar-refractivity contribution in [3.63, 3.8) is 0 Å². The zero-order valence-corrected chi connectivity index (χ0v) is 13.2. The van der Waals surface area contributed by atoms with E-state index in [1.165, 1.54) is 11.0 Å². The number of phenols is 1. The minimum Gasteiger partial charge on any atom is -0.504 e. The van der Waals surface area contributed by atoms with Gasteiger partial charge in [0.05, 0.1) is 11.6 Å². The second kappa shape index (κ2) is 5.27. The summed E-state index contributed by atoms with van der Waals surface area (Å²) in [5.41, 5.74) is 0.0721. The molecule has 1 fully saturated rings. The Morgan fingerprint density at radius 1 is 1.25 bits per heavy atom. The van der Waals surface area contributed by atoms with Crippen LogP contribution in [0.15, 0.2) is 36.4 Å². The number of para-hydroxylation sites is 2. The van der Waals surface area contributed by atoms with Gasteiger partial charge in [-0.25, -0.2) is 4.39 Å². The van der Waals surface area contributed by atoms with Gasteiger partial charge in [0, 0.05) is 18.5 Å². The van der Waals surface area contributed by atoms with Gasteiger partial charge in [-0.2, -0.15) is 0 Å². The number of carbonyl (C=O) groups is 1. The van der Waals surface area contributed by atoms with Crippen LogP contribution in [0.4, 0.5) is 4.39 Å². The quantitative estimate of drug-likeness (QED) is 0.859. The summed E-state index contributed by atoms with van der Waals surface area (Å²) in [5.74, 6) is -1.60. The summed E-state index contributed by atoms with van der Waals surface area (Å²) in [6.45, 7) is 0.633. The summed E-state index contributed by atoms with van der Waals surface area (Å²) in [4.78, 5) is 14.1. The Hall–Kier alpha value is -2.47. The Labute approximate surface area is 142 Å². The molecule has 0 atom stereocenters. The topological polar surface area (TPSA) is 59.0 Å². The van der Waals surface area contributed by atoms with Crippen LogP contribution >= 0.6 is 11.6 Å². The standard InChI is InChI=1S/C17H13ClFNO4/c18-11-7-10(8-12(19)15(11)21)16(22)20-6-5-17(9-20)23-13-3-1-2-4-14(13)24-17/h1-4,7-8,21H,5-6,9H2. The van der Waals surface area contributed by atoms with Gasteiger partial charge >= 0.3 is 0 Å². The number of fused-ring (bicyclic) bond motifs is 1. The van der Waals surface area contributed by atoms with Crippen molar-refractivity contribution in [3.05, 3.63) is 52.8 Å². The van der Waals surface area contributed by atoms with E-state index in [1.54, 1.807) is 0 Å². The van der Waals surface area contributed by atoms with Crippen LogP contribution in [-0.2, 0) is 0 Å². The summed E-state index contributed by atoms with van der Waals surface area (Å²) in [5, 5.41) is 9.17. The van der Waals surface area contributed by atoms with E-state index in [1.807, 2.05) is 24.3 Å². The minimum absolute atomic E-state index is 0.0721. The first-order valence-electron chi connectivity index (χ1n) is 7.42. The molecule has 2 aliphatic heterocycles. The molecule has 1 spiro atoms. The monoisotopic (exact) mass is 349 g/mol. The highest BCUT2D eigenvalue weighted by Crippen LogP contribution is 2.43. The van der Waals surface area contributed by atoms with Crippen LogP contribution in [0.25, 0.3) is 0 Å². The lowest BCUT2D eigenvalue weighted by atomic mass is 10.2. The highest BCUT2D eigenvalue weighted by Gasteiger charge is 2.48. The van der Waals surface area contributed by atoms with E-state index in [4.69, 9.17) is 21.1 Å². The average molecular weight is 350 g/mol. The van der Waals surface area contributed by atoms with Crippen LogP contribution in [0.5, 0.6) is 17.2 Å². The van der Waals surface area contributed by atoms with Gasteiger partial charge < -0.3 is 19.5 Å². The number of halogens is 2. The van der Waals surface area contributed by atoms with Gasteiger partial charge in [-0.05, 0) is 24.3 Å². The number of nitrogens with zero attached hydrogens (tertiary/aromatic N) is 1. The first-order chi connectivity index (χ1) is 11.5. The summed E-state index contributed by atoms with van der Waals surface area (Å²) in [6.07, 6.45) is 0.502. The molecule has 124 valence electrons. The first-order valence-corrected chi connectivity index (χ1v) is 7.80. The number of hydrogen-bond donors (Lipinski definition) is 1. The third-order valence-corrected chi connectivity index (χ3v) is 4.47. The number of rotatable bonds is 1. The molecule has 1 N–H and O–H groups in total. The molecule has 24 heavy (non-hydrogen) atoms. The average Bonchev–Trinajstić information content (AvgIpc) is 3.14. The number of ether oxygens (including phenoxy) is 2. The number of phenolic OH excluding ortho intramolecular Hbond substituents is 1. The number of aromatic hydroxyl groups is 1. The fourth-order valence-corrected chi connectivity index (χ4v) is 3.21. The highest BCUT2D eigenvalue weighted by molar-refractivity contribution is 6.32. The number of amides is 1. The van der Waals surface area contributed by atoms with Gasteiger partial charge in [0.15, 0.2) is 23.1 Å². The Morgan fingerprint density at radius 3 is 2.54 bits per heavy atom. The Balaban J connectivity index is 1.55. The lowest BCUT2D eigenvalue weighted by Gasteiger charge is -2.23. The van der Waals surface area contributed by atoms with Crippen LogP contribution in [0.1, 0.15) is 16.8 Å². The molecule has 2 aromatic carbocycles. The summed E-state index contributed by atoms with van der Waals surface area (Å²) >= 11 is 5.74. The second-order valence-corrected chi connectivity index (χ2v) is 6.23. The Morgan fingerprint density at radius 2 is 1.92 bits per heavy atom. The van der Waals surface area contributed by atoms with Crippen molar-refractivity contribution < 1.29 is 23.8 Å². The molecule has 0 saturated carbocycles. The molecule has 4 rings (SSSR count). The lowest BCUT2D eigenvalue weighted by molar-refractivity contribution is -0.0657. The van der Waals surface area contributed by atoms with E-state index in [-0.39, 0.29) is 17.1 Å². The molecule has 1 amide bonds. The predicted molar refractivity (Wildman–Crippen MR) is 84.0 cm³/mol. The van der Waals surface area contributed by atoms with Gasteiger partial charge in [0.1, 0.15) is 0 Å². The zero-order valence-electron chi connectivity index (χ0n) is 12.5. The van der Waals surface area contributed by atoms with Crippen LogP contribution in [0.3, 0.4) is 0 Å². The normalized spacial score (nSPS) is 17.5. The summed E-state index contributed by atoms with van der Waals surface area (Å²) in [6, 6.07) is 9.53. The largest absolute Gasteiger partial charge is 0.504 e. The second-order valence-electron chi connectivity index (χ2n) is 5.83. The van der Waals surface area contributed by atoms with Crippen LogP contribution in [0.2, 0.25) is 5.02 Å². The fourth-order valence-electron chi connectivity index (χ4n) is 3.01. The SMILES string of the molecule is O=C(c1cc(F)c(O)c(Cl)c1)N1CCC2(C1)Oc1ccccc1O2. The molecule has 1 saturated heterocycles. The number of benzene rings is 2. The van der Waals surface area contributed by atoms with E-state index in [9.17, 15) is 14.3 Å². The van der Waals surface area contributed by atoms with E-state index in [2.05, 4.69) is 0 Å². The maximum absolute atomic E-state index is 13.6. The van der Waals surface area contributed by atoms with Crippen molar-refractivity contribution in [2.75, 3.05) is 13.1 Å². The Kier molecular flexibility index (Phi) is 3.31. The van der Waals surface area contributed by atoms with Gasteiger partial charge in [-0.15, -0.1) is 0 Å². The molecule has 2 heterocycles.